The molecule has 3 atom stereocenters. The molecule has 0 aliphatic heterocycles. The fourth-order valence-electron chi connectivity index (χ4n) is 4.35. The zero-order valence-electron chi connectivity index (χ0n) is 13.0. The van der Waals surface area contributed by atoms with Crippen LogP contribution in [0, 0.1) is 29.1 Å². The highest BCUT2D eigenvalue weighted by molar-refractivity contribution is 5.80. The van der Waals surface area contributed by atoms with Crippen LogP contribution in [-0.4, -0.2) is 41.1 Å². The van der Waals surface area contributed by atoms with Crippen LogP contribution in [0.4, 0.5) is 4.79 Å². The Bertz CT molecular complexity index is 489. The minimum absolute atomic E-state index is 0.00538. The van der Waals surface area contributed by atoms with Crippen LogP contribution in [0.25, 0.3) is 0 Å². The maximum atomic E-state index is 12.4. The van der Waals surface area contributed by atoms with Crippen LogP contribution in [0.3, 0.4) is 0 Å². The second-order valence-corrected chi connectivity index (χ2v) is 7.25. The molecule has 2 N–H and O–H groups in total. The number of rotatable bonds is 4. The average Bonchev–Trinajstić information content (AvgIpc) is 2.84. The number of urea groups is 1. The predicted molar refractivity (Wildman–Crippen MR) is 79.6 cm³/mol. The molecule has 2 fully saturated rings. The molecular weight excluding hydrogens is 268 g/mol. The molecule has 116 valence electrons. The minimum atomic E-state index is -1.06. The second kappa shape index (κ2) is 5.25. The molecule has 0 radical (unpaired) electrons. The van der Waals surface area contributed by atoms with Crippen LogP contribution in [-0.2, 0) is 4.79 Å². The van der Waals surface area contributed by atoms with Gasteiger partial charge >= 0.3 is 12.0 Å². The first kappa shape index (κ1) is 15.7. The van der Waals surface area contributed by atoms with Gasteiger partial charge in [0.05, 0.1) is 6.54 Å². The third-order valence-electron chi connectivity index (χ3n) is 5.43. The van der Waals surface area contributed by atoms with Crippen LogP contribution in [0.15, 0.2) is 0 Å². The van der Waals surface area contributed by atoms with Crippen LogP contribution in [0.5, 0.6) is 0 Å². The van der Waals surface area contributed by atoms with Gasteiger partial charge in [0.25, 0.3) is 0 Å². The van der Waals surface area contributed by atoms with Crippen molar-refractivity contribution >= 4 is 12.0 Å². The number of nitrogens with zero attached hydrogens (tertiary/aromatic N) is 1. The molecule has 0 spiro atoms. The minimum Gasteiger partial charge on any atom is -0.480 e. The number of amides is 2. The molecule has 5 heteroatoms. The van der Waals surface area contributed by atoms with E-state index in [4.69, 9.17) is 11.5 Å². The van der Waals surface area contributed by atoms with Crippen LogP contribution >= 0.6 is 0 Å². The lowest BCUT2D eigenvalue weighted by molar-refractivity contribution is -0.137. The van der Waals surface area contributed by atoms with Crippen molar-refractivity contribution in [1.29, 1.82) is 0 Å². The van der Waals surface area contributed by atoms with E-state index in [0.717, 1.165) is 12.8 Å². The van der Waals surface area contributed by atoms with E-state index in [1.807, 2.05) is 0 Å². The average molecular weight is 292 g/mol. The van der Waals surface area contributed by atoms with E-state index in [2.05, 4.69) is 32.0 Å². The Kier molecular flexibility index (Phi) is 3.92. The van der Waals surface area contributed by atoms with Gasteiger partial charge in [0.1, 0.15) is 6.54 Å². The third-order valence-corrected chi connectivity index (χ3v) is 5.43. The van der Waals surface area contributed by atoms with Gasteiger partial charge in [-0.2, -0.15) is 0 Å². The van der Waals surface area contributed by atoms with Crippen LogP contribution in [0.1, 0.15) is 40.0 Å². The van der Waals surface area contributed by atoms with Crippen molar-refractivity contribution in [2.75, 3.05) is 13.1 Å². The Hall–Kier alpha value is -1.70. The molecule has 0 aromatic carbocycles. The Labute approximate surface area is 126 Å². The largest absolute Gasteiger partial charge is 0.480 e. The van der Waals surface area contributed by atoms with Gasteiger partial charge < -0.3 is 15.3 Å². The molecule has 0 aromatic heterocycles. The maximum absolute atomic E-state index is 12.4. The summed E-state index contributed by atoms with van der Waals surface area (Å²) in [6, 6.07) is -0.312. The smallest absolute Gasteiger partial charge is 0.323 e. The predicted octanol–water partition coefficient (Wildman–Crippen LogP) is 1.93. The lowest BCUT2D eigenvalue weighted by Gasteiger charge is -2.43. The molecule has 2 saturated carbocycles. The number of fused-ring (bicyclic) bond motifs is 2. The highest BCUT2D eigenvalue weighted by Gasteiger charge is 2.59. The first-order chi connectivity index (χ1) is 9.70. The van der Waals surface area contributed by atoms with Gasteiger partial charge in [-0.25, -0.2) is 4.79 Å². The Morgan fingerprint density at radius 3 is 2.57 bits per heavy atom. The van der Waals surface area contributed by atoms with E-state index in [0.29, 0.717) is 5.92 Å². The zero-order valence-corrected chi connectivity index (χ0v) is 13.0. The Balaban J connectivity index is 2.11. The van der Waals surface area contributed by atoms with Crippen LogP contribution < -0.4 is 5.32 Å². The van der Waals surface area contributed by atoms with Crippen molar-refractivity contribution in [3.05, 3.63) is 0 Å². The fourth-order valence-corrected chi connectivity index (χ4v) is 4.35. The monoisotopic (exact) mass is 292 g/mol. The molecule has 3 unspecified atom stereocenters. The molecule has 21 heavy (non-hydrogen) atoms. The Morgan fingerprint density at radius 2 is 2.10 bits per heavy atom. The van der Waals surface area contributed by atoms with Gasteiger partial charge in [0.15, 0.2) is 0 Å². The molecule has 2 bridgehead atoms. The van der Waals surface area contributed by atoms with E-state index < -0.39 is 5.97 Å². The summed E-state index contributed by atoms with van der Waals surface area (Å²) in [4.78, 5) is 24.4. The summed E-state index contributed by atoms with van der Waals surface area (Å²) < 4.78 is 0. The number of carbonyl (C=O) groups excluding carboxylic acids is 1. The SMILES string of the molecule is C#CCN(CC(=O)O)C(=O)NC1C2(C)CCC(C2)C1(C)C. The molecule has 2 amide bonds. The van der Waals surface area contributed by atoms with Gasteiger partial charge in [-0.3, -0.25) is 4.79 Å². The maximum Gasteiger partial charge on any atom is 0.323 e. The molecule has 0 heterocycles. The van der Waals surface area contributed by atoms with Crippen molar-refractivity contribution in [2.24, 2.45) is 16.7 Å². The van der Waals surface area contributed by atoms with Crippen molar-refractivity contribution in [3.63, 3.8) is 0 Å². The highest BCUT2D eigenvalue weighted by Crippen LogP contribution is 2.62. The van der Waals surface area contributed by atoms with E-state index >= 15 is 0 Å². The first-order valence-electron chi connectivity index (χ1n) is 7.41. The molecule has 5 nitrogen and oxygen atoms in total. The summed E-state index contributed by atoms with van der Waals surface area (Å²) in [5.74, 6) is 1.91. The number of hydrogen-bond donors (Lipinski definition) is 2. The molecule has 2 rings (SSSR count). The van der Waals surface area contributed by atoms with Crippen molar-refractivity contribution < 1.29 is 14.7 Å². The lowest BCUT2D eigenvalue weighted by Crippen LogP contribution is -2.56. The zero-order chi connectivity index (χ0) is 15.8. The number of carboxylic acids is 1. The number of nitrogens with one attached hydrogen (secondary N) is 1. The quantitative estimate of drug-likeness (QED) is 0.778. The van der Waals surface area contributed by atoms with E-state index in [1.54, 1.807) is 0 Å². The highest BCUT2D eigenvalue weighted by atomic mass is 16.4. The summed E-state index contributed by atoms with van der Waals surface area (Å²) >= 11 is 0. The van der Waals surface area contributed by atoms with Crippen molar-refractivity contribution in [1.82, 2.24) is 10.2 Å². The van der Waals surface area contributed by atoms with Gasteiger partial charge in [-0.05, 0) is 36.0 Å². The third kappa shape index (κ3) is 2.72. The number of carboxylic acid groups (broad SMARTS) is 1. The van der Waals surface area contributed by atoms with E-state index in [9.17, 15) is 9.59 Å². The van der Waals surface area contributed by atoms with E-state index in [-0.39, 0.29) is 36.0 Å². The van der Waals surface area contributed by atoms with Crippen molar-refractivity contribution in [2.45, 2.75) is 46.1 Å². The number of aliphatic carboxylic acids is 1. The standard InChI is InChI=1S/C16H24N2O3/c1-5-8-18(10-12(19)20)14(21)17-13-15(2,3)11-6-7-16(13,4)9-11/h1,11,13H,6-10H2,2-4H3,(H,17,21)(H,19,20). The lowest BCUT2D eigenvalue weighted by atomic mass is 9.68. The Morgan fingerprint density at radius 1 is 1.43 bits per heavy atom. The molecule has 0 saturated heterocycles. The molecule has 2 aliphatic rings. The van der Waals surface area contributed by atoms with E-state index in [1.165, 1.54) is 11.3 Å². The second-order valence-electron chi connectivity index (χ2n) is 7.25. The topological polar surface area (TPSA) is 69.6 Å². The summed E-state index contributed by atoms with van der Waals surface area (Å²) in [6.45, 7) is 6.23. The number of terminal acetylenes is 1. The summed E-state index contributed by atoms with van der Waals surface area (Å²) in [6.07, 6.45) is 8.67. The molecular formula is C16H24N2O3. The summed E-state index contributed by atoms with van der Waals surface area (Å²) in [7, 11) is 0. The number of carbonyl (C=O) groups is 2. The normalized spacial score (nSPS) is 32.5. The van der Waals surface area contributed by atoms with Crippen molar-refractivity contribution in [3.8, 4) is 12.3 Å². The fraction of sp³-hybridized carbons (Fsp3) is 0.750. The van der Waals surface area contributed by atoms with Gasteiger partial charge in [-0.15, -0.1) is 6.42 Å². The summed E-state index contributed by atoms with van der Waals surface area (Å²) in [5, 5.41) is 11.9. The summed E-state index contributed by atoms with van der Waals surface area (Å²) in [5.41, 5.74) is 0.141. The first-order valence-corrected chi connectivity index (χ1v) is 7.41. The van der Waals surface area contributed by atoms with Gasteiger partial charge in [0.2, 0.25) is 0 Å². The molecule has 2 aliphatic carbocycles. The van der Waals surface area contributed by atoms with Gasteiger partial charge in [0, 0.05) is 6.04 Å². The van der Waals surface area contributed by atoms with Crippen LogP contribution in [0.2, 0.25) is 0 Å². The molecule has 0 aromatic rings. The number of hydrogen-bond acceptors (Lipinski definition) is 2. The van der Waals surface area contributed by atoms with Gasteiger partial charge in [-0.1, -0.05) is 26.7 Å².